The fourth-order valence-corrected chi connectivity index (χ4v) is 8.30. The number of ether oxygens (including phenoxy) is 2. The second kappa shape index (κ2) is 11.0. The normalized spacial score (nSPS) is 32.9. The molecule has 2 N–H and O–H groups in total. The van der Waals surface area contributed by atoms with Crippen molar-refractivity contribution >= 4 is 0 Å². The third-order valence-corrected chi connectivity index (χ3v) is 10.7. The van der Waals surface area contributed by atoms with E-state index < -0.39 is 23.2 Å². The van der Waals surface area contributed by atoms with Crippen molar-refractivity contribution in [2.24, 2.45) is 5.92 Å². The molecule has 5 unspecified atom stereocenters. The van der Waals surface area contributed by atoms with Gasteiger partial charge in [-0.15, -0.1) is 0 Å². The summed E-state index contributed by atoms with van der Waals surface area (Å²) in [6, 6.07) is 4.35. The van der Waals surface area contributed by atoms with Gasteiger partial charge in [0, 0.05) is 24.7 Å². The number of nitrogens with zero attached hydrogens (tertiary/aromatic N) is 1. The molecule has 3 fully saturated rings. The SMILES string of the molecule is CC(C)=CCC/C(C)=C/CC/C(C)=C/COc1ccc2c3c1OC1C(O)CCC4(O)C(C2)N(CC2CCC2)CC314. The molecule has 5 heteroatoms. The Morgan fingerprint density at radius 1 is 1.05 bits per heavy atom. The first kappa shape index (κ1) is 28.1. The molecule has 5 atom stereocenters. The maximum absolute atomic E-state index is 12.4. The van der Waals surface area contributed by atoms with Gasteiger partial charge in [0.05, 0.1) is 17.1 Å². The Hall–Kier alpha value is -2.08. The number of aliphatic hydroxyl groups excluding tert-OH is 1. The van der Waals surface area contributed by atoms with E-state index in [1.165, 1.54) is 41.5 Å². The van der Waals surface area contributed by atoms with Gasteiger partial charge in [0.25, 0.3) is 0 Å². The lowest BCUT2D eigenvalue weighted by Crippen LogP contribution is -2.67. The molecular formula is C35H49NO4. The summed E-state index contributed by atoms with van der Waals surface area (Å²) in [5.74, 6) is 2.25. The number of aliphatic hydroxyl groups is 2. The monoisotopic (exact) mass is 547 g/mol. The smallest absolute Gasteiger partial charge is 0.166 e. The summed E-state index contributed by atoms with van der Waals surface area (Å²) in [5.41, 5.74) is 5.14. The van der Waals surface area contributed by atoms with E-state index in [1.807, 2.05) is 0 Å². The second-order valence-corrected chi connectivity index (χ2v) is 13.7. The van der Waals surface area contributed by atoms with Crippen molar-refractivity contribution in [3.63, 3.8) is 0 Å². The van der Waals surface area contributed by atoms with E-state index >= 15 is 0 Å². The standard InChI is InChI=1S/C35H49NO4/c1-23(2)8-5-9-24(3)10-6-11-25(4)17-19-39-29-15-14-27-20-30-35(38)18-16-28(37)33-34(35,31(27)32(29)40-33)22-36(30)21-26-12-7-13-26/h8,10,14-15,17,26,28,30,33,37-38H,5-7,9,11-13,16,18-22H2,1-4H3/b24-10+,25-17+. The number of rotatable bonds is 11. The molecule has 2 heterocycles. The Bertz CT molecular complexity index is 1210. The molecule has 0 aromatic heterocycles. The van der Waals surface area contributed by atoms with Gasteiger partial charge in [-0.25, -0.2) is 0 Å². The zero-order chi connectivity index (χ0) is 28.1. The summed E-state index contributed by atoms with van der Waals surface area (Å²) in [6.07, 6.45) is 16.2. The molecular weight excluding hydrogens is 498 g/mol. The summed E-state index contributed by atoms with van der Waals surface area (Å²) < 4.78 is 13.0. The molecule has 0 amide bonds. The van der Waals surface area contributed by atoms with Crippen molar-refractivity contribution in [3.05, 3.63) is 58.2 Å². The van der Waals surface area contributed by atoms with E-state index in [1.54, 1.807) is 0 Å². The molecule has 5 aliphatic rings. The van der Waals surface area contributed by atoms with Crippen LogP contribution < -0.4 is 9.47 Å². The molecule has 5 nitrogen and oxygen atoms in total. The number of allylic oxidation sites excluding steroid dienone is 5. The molecule has 6 rings (SSSR count). The van der Waals surface area contributed by atoms with Gasteiger partial charge in [-0.3, -0.25) is 4.90 Å². The molecule has 2 bridgehead atoms. The van der Waals surface area contributed by atoms with Crippen molar-refractivity contribution in [2.45, 2.75) is 121 Å². The molecule has 1 aromatic carbocycles. The van der Waals surface area contributed by atoms with Crippen molar-refractivity contribution in [2.75, 3.05) is 19.7 Å². The fraction of sp³-hybridized carbons (Fsp3) is 0.657. The van der Waals surface area contributed by atoms with E-state index in [4.69, 9.17) is 9.47 Å². The summed E-state index contributed by atoms with van der Waals surface area (Å²) in [6.45, 7) is 11.0. The molecule has 1 saturated heterocycles. The van der Waals surface area contributed by atoms with Crippen LogP contribution >= 0.6 is 0 Å². The summed E-state index contributed by atoms with van der Waals surface area (Å²) >= 11 is 0. The molecule has 40 heavy (non-hydrogen) atoms. The third-order valence-electron chi connectivity index (χ3n) is 10.7. The highest BCUT2D eigenvalue weighted by molar-refractivity contribution is 5.64. The average molecular weight is 548 g/mol. The predicted molar refractivity (Wildman–Crippen MR) is 160 cm³/mol. The molecule has 1 aromatic rings. The first-order chi connectivity index (χ1) is 19.2. The van der Waals surface area contributed by atoms with Crippen LogP contribution in [0.4, 0.5) is 0 Å². The maximum Gasteiger partial charge on any atom is 0.166 e. The Morgan fingerprint density at radius 3 is 2.52 bits per heavy atom. The molecule has 0 radical (unpaired) electrons. The van der Waals surface area contributed by atoms with Crippen LogP contribution in [0.5, 0.6) is 11.5 Å². The minimum atomic E-state index is -0.856. The highest BCUT2D eigenvalue weighted by Gasteiger charge is 2.75. The summed E-state index contributed by atoms with van der Waals surface area (Å²) in [5, 5.41) is 23.5. The van der Waals surface area contributed by atoms with E-state index in [-0.39, 0.29) is 6.04 Å². The van der Waals surface area contributed by atoms with Gasteiger partial charge in [-0.1, -0.05) is 41.4 Å². The largest absolute Gasteiger partial charge is 0.486 e. The molecule has 2 saturated carbocycles. The number of hydrogen-bond acceptors (Lipinski definition) is 5. The predicted octanol–water partition coefficient (Wildman–Crippen LogP) is 6.41. The van der Waals surface area contributed by atoms with Crippen molar-refractivity contribution in [1.82, 2.24) is 4.90 Å². The molecule has 1 spiro atoms. The van der Waals surface area contributed by atoms with Gasteiger partial charge < -0.3 is 19.7 Å². The first-order valence-electron chi connectivity index (χ1n) is 15.8. The Labute approximate surface area is 240 Å². The van der Waals surface area contributed by atoms with E-state index in [0.29, 0.717) is 19.4 Å². The van der Waals surface area contributed by atoms with Crippen LogP contribution in [0, 0.1) is 5.92 Å². The van der Waals surface area contributed by atoms with Crippen LogP contribution in [0.25, 0.3) is 0 Å². The minimum absolute atomic E-state index is 0.104. The zero-order valence-electron chi connectivity index (χ0n) is 25.0. The lowest BCUT2D eigenvalue weighted by molar-refractivity contribution is -0.138. The van der Waals surface area contributed by atoms with Crippen LogP contribution in [0.2, 0.25) is 0 Å². The van der Waals surface area contributed by atoms with Gasteiger partial charge in [0.2, 0.25) is 0 Å². The summed E-state index contributed by atoms with van der Waals surface area (Å²) in [7, 11) is 0. The lowest BCUT2D eigenvalue weighted by Gasteiger charge is -2.52. The molecule has 218 valence electrons. The minimum Gasteiger partial charge on any atom is -0.486 e. The Kier molecular flexibility index (Phi) is 7.69. The van der Waals surface area contributed by atoms with Gasteiger partial charge in [0.15, 0.2) is 11.5 Å². The van der Waals surface area contributed by atoms with Crippen LogP contribution in [0.15, 0.2) is 47.1 Å². The van der Waals surface area contributed by atoms with Crippen molar-refractivity contribution in [3.8, 4) is 11.5 Å². The number of likely N-dealkylation sites (tertiary alicyclic amines) is 1. The number of benzene rings is 1. The quantitative estimate of drug-likeness (QED) is 0.314. The first-order valence-corrected chi connectivity index (χ1v) is 15.8. The van der Waals surface area contributed by atoms with Gasteiger partial charge in [-0.2, -0.15) is 0 Å². The van der Waals surface area contributed by atoms with Crippen molar-refractivity contribution < 1.29 is 19.7 Å². The van der Waals surface area contributed by atoms with Gasteiger partial charge in [0.1, 0.15) is 12.7 Å². The highest BCUT2D eigenvalue weighted by atomic mass is 16.5. The van der Waals surface area contributed by atoms with Crippen LogP contribution in [0.3, 0.4) is 0 Å². The van der Waals surface area contributed by atoms with E-state index in [0.717, 1.165) is 68.2 Å². The van der Waals surface area contributed by atoms with Crippen molar-refractivity contribution in [1.29, 1.82) is 0 Å². The Balaban J connectivity index is 1.16. The fourth-order valence-electron chi connectivity index (χ4n) is 8.30. The van der Waals surface area contributed by atoms with Crippen LogP contribution in [-0.2, 0) is 11.8 Å². The van der Waals surface area contributed by atoms with E-state index in [2.05, 4.69) is 63.0 Å². The lowest BCUT2D eigenvalue weighted by atomic mass is 9.54. The third kappa shape index (κ3) is 4.66. The maximum atomic E-state index is 12.4. The zero-order valence-corrected chi connectivity index (χ0v) is 25.0. The molecule has 3 aliphatic carbocycles. The number of hydrogen-bond donors (Lipinski definition) is 2. The van der Waals surface area contributed by atoms with Crippen LogP contribution in [0.1, 0.15) is 96.6 Å². The topological polar surface area (TPSA) is 62.2 Å². The molecule has 2 aliphatic heterocycles. The van der Waals surface area contributed by atoms with Crippen LogP contribution in [-0.4, -0.2) is 58.7 Å². The van der Waals surface area contributed by atoms with Gasteiger partial charge in [-0.05, 0) is 109 Å². The second-order valence-electron chi connectivity index (χ2n) is 13.7. The van der Waals surface area contributed by atoms with E-state index in [9.17, 15) is 10.2 Å². The average Bonchev–Trinajstić information content (AvgIpc) is 3.30. The summed E-state index contributed by atoms with van der Waals surface area (Å²) in [4.78, 5) is 2.55. The van der Waals surface area contributed by atoms with Gasteiger partial charge >= 0.3 is 0 Å². The Morgan fingerprint density at radius 2 is 1.80 bits per heavy atom. The highest BCUT2D eigenvalue weighted by Crippen LogP contribution is 2.66.